The van der Waals surface area contributed by atoms with Gasteiger partial charge in [0.15, 0.2) is 0 Å². The van der Waals surface area contributed by atoms with Gasteiger partial charge >= 0.3 is 6.09 Å². The zero-order valence-corrected chi connectivity index (χ0v) is 8.84. The van der Waals surface area contributed by atoms with Gasteiger partial charge in [-0.1, -0.05) is 30.3 Å². The fraction of sp³-hybridized carbons (Fsp3) is 0.364. The largest absolute Gasteiger partial charge is 0.465 e. The molecule has 0 aliphatic carbocycles. The van der Waals surface area contributed by atoms with Crippen molar-refractivity contribution in [2.75, 3.05) is 6.54 Å². The summed E-state index contributed by atoms with van der Waals surface area (Å²) in [4.78, 5) is 10.6. The van der Waals surface area contributed by atoms with Crippen LogP contribution in [0.25, 0.3) is 0 Å². The van der Waals surface area contributed by atoms with Crippen molar-refractivity contribution in [2.24, 2.45) is 5.73 Å². The Bertz CT molecular complexity index is 329. The highest BCUT2D eigenvalue weighted by Gasteiger charge is 2.17. The molecule has 5 nitrogen and oxygen atoms in total. The Morgan fingerprint density at radius 1 is 1.38 bits per heavy atom. The van der Waals surface area contributed by atoms with Crippen molar-refractivity contribution < 1.29 is 15.0 Å². The number of carboxylic acid groups (broad SMARTS) is 1. The summed E-state index contributed by atoms with van der Waals surface area (Å²) in [6.07, 6.45) is -1.55. The number of nitrogens with two attached hydrogens (primary N) is 1. The Hall–Kier alpha value is -1.59. The average Bonchev–Trinajstić information content (AvgIpc) is 2.28. The van der Waals surface area contributed by atoms with E-state index in [0.29, 0.717) is 0 Å². The van der Waals surface area contributed by atoms with E-state index < -0.39 is 18.2 Å². The molecule has 88 valence electrons. The summed E-state index contributed by atoms with van der Waals surface area (Å²) in [6, 6.07) is 8.67. The Labute approximate surface area is 93.9 Å². The molecule has 1 aromatic rings. The minimum atomic E-state index is -1.11. The second-order valence-electron chi connectivity index (χ2n) is 3.54. The van der Waals surface area contributed by atoms with E-state index in [4.69, 9.17) is 10.8 Å². The third kappa shape index (κ3) is 3.88. The van der Waals surface area contributed by atoms with E-state index in [1.165, 1.54) is 0 Å². The first kappa shape index (κ1) is 12.5. The molecular weight excluding hydrogens is 208 g/mol. The molecule has 2 atom stereocenters. The van der Waals surface area contributed by atoms with Crippen molar-refractivity contribution in [3.05, 3.63) is 35.9 Å². The molecule has 1 amide bonds. The van der Waals surface area contributed by atoms with Gasteiger partial charge in [-0.25, -0.2) is 4.79 Å². The maximum Gasteiger partial charge on any atom is 0.405 e. The first-order valence-electron chi connectivity index (χ1n) is 5.06. The molecule has 16 heavy (non-hydrogen) atoms. The number of hydrogen-bond acceptors (Lipinski definition) is 3. The van der Waals surface area contributed by atoms with Crippen molar-refractivity contribution in [1.82, 2.24) is 5.32 Å². The van der Waals surface area contributed by atoms with Gasteiger partial charge in [0.2, 0.25) is 0 Å². The smallest absolute Gasteiger partial charge is 0.405 e. The van der Waals surface area contributed by atoms with Gasteiger partial charge in [-0.15, -0.1) is 0 Å². The van der Waals surface area contributed by atoms with Crippen LogP contribution in [-0.2, 0) is 0 Å². The molecule has 1 aromatic carbocycles. The fourth-order valence-corrected chi connectivity index (χ4v) is 1.48. The Morgan fingerprint density at radius 2 is 2.00 bits per heavy atom. The summed E-state index contributed by atoms with van der Waals surface area (Å²) in [6.45, 7) is 0.116. The number of benzene rings is 1. The maximum atomic E-state index is 10.6. The average molecular weight is 224 g/mol. The molecule has 0 radical (unpaired) electrons. The predicted octanol–water partition coefficient (Wildman–Crippen LogP) is 0.705. The molecular formula is C11H16N2O3. The van der Waals surface area contributed by atoms with Crippen molar-refractivity contribution in [1.29, 1.82) is 0 Å². The van der Waals surface area contributed by atoms with Gasteiger partial charge in [-0.2, -0.15) is 0 Å². The lowest BCUT2D eigenvalue weighted by atomic mass is 10.0. The third-order valence-electron chi connectivity index (χ3n) is 2.28. The predicted molar refractivity (Wildman–Crippen MR) is 60.0 cm³/mol. The second kappa shape index (κ2) is 6.09. The molecule has 0 saturated carbocycles. The summed E-state index contributed by atoms with van der Waals surface area (Å²) in [5, 5.41) is 20.5. The van der Waals surface area contributed by atoms with E-state index in [9.17, 15) is 9.90 Å². The van der Waals surface area contributed by atoms with Crippen LogP contribution in [0.4, 0.5) is 4.79 Å². The summed E-state index contributed by atoms with van der Waals surface area (Å²) in [5.74, 6) is 0. The highest BCUT2D eigenvalue weighted by atomic mass is 16.4. The van der Waals surface area contributed by atoms with Gasteiger partial charge in [0.25, 0.3) is 0 Å². The van der Waals surface area contributed by atoms with E-state index in [0.717, 1.165) is 5.56 Å². The molecule has 0 bridgehead atoms. The van der Waals surface area contributed by atoms with Crippen LogP contribution >= 0.6 is 0 Å². The molecule has 0 aromatic heterocycles. The second-order valence-corrected chi connectivity index (χ2v) is 3.54. The summed E-state index contributed by atoms with van der Waals surface area (Å²) < 4.78 is 0. The van der Waals surface area contributed by atoms with Crippen LogP contribution in [0.3, 0.4) is 0 Å². The topological polar surface area (TPSA) is 95.6 Å². The lowest BCUT2D eigenvalue weighted by molar-refractivity contribution is 0.150. The summed E-state index contributed by atoms with van der Waals surface area (Å²) >= 11 is 0. The molecule has 0 fully saturated rings. The van der Waals surface area contributed by atoms with Crippen LogP contribution in [0.15, 0.2) is 30.3 Å². The van der Waals surface area contributed by atoms with Gasteiger partial charge in [0, 0.05) is 6.54 Å². The highest BCUT2D eigenvalue weighted by molar-refractivity contribution is 5.65. The van der Waals surface area contributed by atoms with Crippen LogP contribution in [-0.4, -0.2) is 29.0 Å². The molecule has 0 aliphatic heterocycles. The molecule has 5 heteroatoms. The molecule has 0 saturated heterocycles. The standard InChI is InChI=1S/C11H16N2O3/c12-7-9(14)6-10(13-11(15)16)8-4-2-1-3-5-8/h1-5,9-10,13-14H,6-7,12H2,(H,15,16)/t9?,10-/m0/s1. The Kier molecular flexibility index (Phi) is 4.75. The van der Waals surface area contributed by atoms with Gasteiger partial charge < -0.3 is 21.3 Å². The van der Waals surface area contributed by atoms with E-state index in [-0.39, 0.29) is 13.0 Å². The lowest BCUT2D eigenvalue weighted by Gasteiger charge is -2.19. The third-order valence-corrected chi connectivity index (χ3v) is 2.28. The maximum absolute atomic E-state index is 10.6. The van der Waals surface area contributed by atoms with Gasteiger partial charge in [-0.3, -0.25) is 0 Å². The van der Waals surface area contributed by atoms with E-state index in [1.807, 2.05) is 30.3 Å². The zero-order valence-electron chi connectivity index (χ0n) is 8.84. The first-order valence-corrected chi connectivity index (χ1v) is 5.06. The summed E-state index contributed by atoms with van der Waals surface area (Å²) in [7, 11) is 0. The molecule has 5 N–H and O–H groups in total. The molecule has 1 unspecified atom stereocenters. The number of aliphatic hydroxyl groups is 1. The monoisotopic (exact) mass is 224 g/mol. The van der Waals surface area contributed by atoms with Crippen molar-refractivity contribution >= 4 is 6.09 Å². The van der Waals surface area contributed by atoms with Crippen LogP contribution < -0.4 is 11.1 Å². The Balaban J connectivity index is 2.75. The molecule has 0 spiro atoms. The summed E-state index contributed by atoms with van der Waals surface area (Å²) in [5.41, 5.74) is 6.12. The number of aliphatic hydroxyl groups excluding tert-OH is 1. The molecule has 0 heterocycles. The molecule has 1 rings (SSSR count). The van der Waals surface area contributed by atoms with Gasteiger partial charge in [0.05, 0.1) is 12.1 Å². The van der Waals surface area contributed by atoms with E-state index in [1.54, 1.807) is 0 Å². The SMILES string of the molecule is NCC(O)C[C@H](NC(=O)O)c1ccccc1. The van der Waals surface area contributed by atoms with Gasteiger partial charge in [0.1, 0.15) is 0 Å². The zero-order chi connectivity index (χ0) is 12.0. The quantitative estimate of drug-likeness (QED) is 0.592. The van der Waals surface area contributed by atoms with Crippen LogP contribution in [0, 0.1) is 0 Å². The fourth-order valence-electron chi connectivity index (χ4n) is 1.48. The van der Waals surface area contributed by atoms with E-state index in [2.05, 4.69) is 5.32 Å². The molecule has 0 aliphatic rings. The lowest BCUT2D eigenvalue weighted by Crippen LogP contribution is -2.32. The van der Waals surface area contributed by atoms with Gasteiger partial charge in [-0.05, 0) is 12.0 Å². The van der Waals surface area contributed by atoms with Crippen molar-refractivity contribution in [3.63, 3.8) is 0 Å². The normalized spacial score (nSPS) is 14.1. The number of amides is 1. The Morgan fingerprint density at radius 3 is 2.50 bits per heavy atom. The highest BCUT2D eigenvalue weighted by Crippen LogP contribution is 2.17. The van der Waals surface area contributed by atoms with Crippen LogP contribution in [0.1, 0.15) is 18.0 Å². The van der Waals surface area contributed by atoms with Crippen molar-refractivity contribution in [2.45, 2.75) is 18.6 Å². The minimum Gasteiger partial charge on any atom is -0.465 e. The number of carbonyl (C=O) groups is 1. The van der Waals surface area contributed by atoms with E-state index >= 15 is 0 Å². The number of hydrogen-bond donors (Lipinski definition) is 4. The number of rotatable bonds is 5. The number of nitrogens with one attached hydrogen (secondary N) is 1. The first-order chi connectivity index (χ1) is 7.63. The minimum absolute atomic E-state index is 0.116. The van der Waals surface area contributed by atoms with Crippen molar-refractivity contribution in [3.8, 4) is 0 Å². The van der Waals surface area contributed by atoms with Crippen LogP contribution in [0.5, 0.6) is 0 Å². The van der Waals surface area contributed by atoms with Crippen LogP contribution in [0.2, 0.25) is 0 Å².